The number of nitrogens with zero attached hydrogens (tertiary/aromatic N) is 2. The van der Waals surface area contributed by atoms with Crippen LogP contribution in [0, 0.1) is 0 Å². The zero-order valence-corrected chi connectivity index (χ0v) is 24.0. The first kappa shape index (κ1) is 27.8. The predicted octanol–water partition coefficient (Wildman–Crippen LogP) is 8.25. The van der Waals surface area contributed by atoms with Crippen molar-refractivity contribution >= 4 is 52.1 Å². The number of rotatable bonds is 9. The summed E-state index contributed by atoms with van der Waals surface area (Å²) < 4.78 is 11.6. The lowest BCUT2D eigenvalue weighted by atomic mass is 10.1. The van der Waals surface area contributed by atoms with Crippen molar-refractivity contribution in [3.63, 3.8) is 0 Å². The fourth-order valence-electron chi connectivity index (χ4n) is 4.15. The standard InChI is InChI=1S/C32H26Cl2N2O3S/c1-38-28-17-24(16-27(34)30(28)39-21-25-14-8-9-15-26(25)33)18-29-31(37)36(20-23-12-6-3-7-13-23)32(40-29)35-19-22-10-4-2-5-11-22/h2-18H,19-21H2,1H3/b29-18+,35-32?. The van der Waals surface area contributed by atoms with Crippen molar-refractivity contribution in [2.45, 2.75) is 19.7 Å². The summed E-state index contributed by atoms with van der Waals surface area (Å²) in [6.45, 7) is 1.14. The van der Waals surface area contributed by atoms with Gasteiger partial charge in [0.05, 0.1) is 30.1 Å². The molecule has 1 saturated heterocycles. The Morgan fingerprint density at radius 1 is 0.875 bits per heavy atom. The molecule has 0 N–H and O–H groups in total. The van der Waals surface area contributed by atoms with E-state index >= 15 is 0 Å². The number of amidine groups is 1. The molecule has 0 aromatic heterocycles. The molecule has 0 unspecified atom stereocenters. The first-order valence-corrected chi connectivity index (χ1v) is 14.2. The van der Waals surface area contributed by atoms with Crippen LogP contribution in [-0.4, -0.2) is 23.1 Å². The van der Waals surface area contributed by atoms with Gasteiger partial charge in [0.2, 0.25) is 0 Å². The Morgan fingerprint density at radius 3 is 2.25 bits per heavy atom. The number of hydrogen-bond donors (Lipinski definition) is 0. The van der Waals surface area contributed by atoms with Gasteiger partial charge in [-0.05, 0) is 52.7 Å². The van der Waals surface area contributed by atoms with Gasteiger partial charge >= 0.3 is 0 Å². The zero-order valence-electron chi connectivity index (χ0n) is 21.7. The van der Waals surface area contributed by atoms with Gasteiger partial charge in [-0.3, -0.25) is 14.7 Å². The summed E-state index contributed by atoms with van der Waals surface area (Å²) >= 11 is 14.3. The maximum Gasteiger partial charge on any atom is 0.267 e. The molecule has 4 aromatic rings. The maximum absolute atomic E-state index is 13.6. The molecule has 5 nitrogen and oxygen atoms in total. The summed E-state index contributed by atoms with van der Waals surface area (Å²) in [6, 6.07) is 30.9. The van der Waals surface area contributed by atoms with Crippen LogP contribution in [-0.2, 0) is 24.5 Å². The third kappa shape index (κ3) is 6.70. The highest BCUT2D eigenvalue weighted by Gasteiger charge is 2.33. The topological polar surface area (TPSA) is 51.1 Å². The first-order chi connectivity index (χ1) is 19.5. The van der Waals surface area contributed by atoms with Crippen LogP contribution in [0.15, 0.2) is 107 Å². The van der Waals surface area contributed by atoms with E-state index in [0.717, 1.165) is 16.7 Å². The molecule has 0 saturated carbocycles. The van der Waals surface area contributed by atoms with Crippen LogP contribution in [0.25, 0.3) is 6.08 Å². The molecule has 40 heavy (non-hydrogen) atoms. The summed E-state index contributed by atoms with van der Waals surface area (Å²) in [5, 5.41) is 1.63. The van der Waals surface area contributed by atoms with Gasteiger partial charge in [0.1, 0.15) is 6.61 Å². The Morgan fingerprint density at radius 2 is 1.55 bits per heavy atom. The number of methoxy groups -OCH3 is 1. The fourth-order valence-corrected chi connectivity index (χ4v) is 5.59. The van der Waals surface area contributed by atoms with Gasteiger partial charge in [0.25, 0.3) is 5.91 Å². The summed E-state index contributed by atoms with van der Waals surface area (Å²) in [6.07, 6.45) is 1.81. The third-order valence-electron chi connectivity index (χ3n) is 6.19. The molecule has 202 valence electrons. The Balaban J connectivity index is 1.41. The highest BCUT2D eigenvalue weighted by molar-refractivity contribution is 8.18. The van der Waals surface area contributed by atoms with Crippen molar-refractivity contribution in [3.8, 4) is 11.5 Å². The Kier molecular flexibility index (Phi) is 9.12. The molecule has 1 aliphatic heterocycles. The first-order valence-electron chi connectivity index (χ1n) is 12.6. The van der Waals surface area contributed by atoms with Crippen LogP contribution in [0.1, 0.15) is 22.3 Å². The lowest BCUT2D eigenvalue weighted by molar-refractivity contribution is -0.122. The fraction of sp³-hybridized carbons (Fsp3) is 0.125. The van der Waals surface area contributed by atoms with Gasteiger partial charge < -0.3 is 9.47 Å². The average molecular weight is 590 g/mol. The van der Waals surface area contributed by atoms with Gasteiger partial charge in [-0.25, -0.2) is 0 Å². The minimum atomic E-state index is -0.116. The van der Waals surface area contributed by atoms with E-state index in [2.05, 4.69) is 0 Å². The van der Waals surface area contributed by atoms with Crippen molar-refractivity contribution in [1.29, 1.82) is 0 Å². The van der Waals surface area contributed by atoms with Crippen molar-refractivity contribution in [1.82, 2.24) is 4.90 Å². The molecule has 4 aromatic carbocycles. The number of carbonyl (C=O) groups excluding carboxylic acids is 1. The number of halogens is 2. The van der Waals surface area contributed by atoms with E-state index in [1.807, 2.05) is 91.0 Å². The van der Waals surface area contributed by atoms with E-state index < -0.39 is 0 Å². The summed E-state index contributed by atoms with van der Waals surface area (Å²) in [7, 11) is 1.55. The minimum absolute atomic E-state index is 0.116. The molecular formula is C32H26Cl2N2O3S. The molecule has 0 bridgehead atoms. The predicted molar refractivity (Wildman–Crippen MR) is 164 cm³/mol. The van der Waals surface area contributed by atoms with Gasteiger partial charge in [-0.1, -0.05) is 102 Å². The molecule has 8 heteroatoms. The van der Waals surface area contributed by atoms with Gasteiger partial charge in [0, 0.05) is 10.6 Å². The van der Waals surface area contributed by atoms with Crippen molar-refractivity contribution in [2.75, 3.05) is 7.11 Å². The normalized spacial score (nSPS) is 15.2. The molecule has 1 aliphatic rings. The highest BCUT2D eigenvalue weighted by atomic mass is 35.5. The van der Waals surface area contributed by atoms with Gasteiger partial charge in [-0.2, -0.15) is 0 Å². The average Bonchev–Trinajstić information content (AvgIpc) is 3.26. The molecule has 0 spiro atoms. The monoisotopic (exact) mass is 588 g/mol. The molecule has 1 amide bonds. The second-order valence-corrected chi connectivity index (χ2v) is 10.8. The number of ether oxygens (including phenoxy) is 2. The SMILES string of the molecule is COc1cc(/C=C2/SC(=NCc3ccccc3)N(Cc3ccccc3)C2=O)cc(Cl)c1OCc1ccccc1Cl. The van der Waals surface area contributed by atoms with Gasteiger partial charge in [0.15, 0.2) is 16.7 Å². The van der Waals surface area contributed by atoms with E-state index in [1.54, 1.807) is 24.1 Å². The Bertz CT molecular complexity index is 1560. The lowest BCUT2D eigenvalue weighted by Gasteiger charge is -2.16. The van der Waals surface area contributed by atoms with Gasteiger partial charge in [-0.15, -0.1) is 0 Å². The number of thioether (sulfide) groups is 1. The van der Waals surface area contributed by atoms with Crippen molar-refractivity contribution in [2.24, 2.45) is 4.99 Å². The molecule has 0 radical (unpaired) electrons. The summed E-state index contributed by atoms with van der Waals surface area (Å²) in [4.78, 5) is 20.7. The van der Waals surface area contributed by atoms with Crippen LogP contribution >= 0.6 is 35.0 Å². The van der Waals surface area contributed by atoms with E-state index in [9.17, 15) is 4.79 Å². The van der Waals surface area contributed by atoms with Crippen LogP contribution in [0.5, 0.6) is 11.5 Å². The van der Waals surface area contributed by atoms with E-state index in [1.165, 1.54) is 11.8 Å². The van der Waals surface area contributed by atoms with Crippen LogP contribution < -0.4 is 9.47 Å². The van der Waals surface area contributed by atoms with Crippen molar-refractivity contribution in [3.05, 3.63) is 134 Å². The second-order valence-electron chi connectivity index (χ2n) is 8.99. The molecule has 0 aliphatic carbocycles. The summed E-state index contributed by atoms with van der Waals surface area (Å²) in [5.41, 5.74) is 3.65. The molecule has 1 heterocycles. The largest absolute Gasteiger partial charge is 0.493 e. The third-order valence-corrected chi connectivity index (χ3v) is 7.88. The summed E-state index contributed by atoms with van der Waals surface area (Å²) in [5.74, 6) is 0.753. The van der Waals surface area contributed by atoms with E-state index in [4.69, 9.17) is 37.7 Å². The smallest absolute Gasteiger partial charge is 0.267 e. The molecule has 0 atom stereocenters. The van der Waals surface area contributed by atoms with E-state index in [0.29, 0.717) is 50.3 Å². The number of amides is 1. The number of aliphatic imine (C=N–C) groups is 1. The van der Waals surface area contributed by atoms with Crippen molar-refractivity contribution < 1.29 is 14.3 Å². The Labute approximate surface area is 248 Å². The number of hydrogen-bond acceptors (Lipinski definition) is 5. The lowest BCUT2D eigenvalue weighted by Crippen LogP contribution is -2.28. The Hall–Kier alpha value is -3.71. The highest BCUT2D eigenvalue weighted by Crippen LogP contribution is 2.40. The minimum Gasteiger partial charge on any atom is -0.493 e. The number of carbonyl (C=O) groups is 1. The van der Waals surface area contributed by atoms with E-state index in [-0.39, 0.29) is 12.5 Å². The maximum atomic E-state index is 13.6. The second kappa shape index (κ2) is 13.1. The molecule has 5 rings (SSSR count). The van der Waals surface area contributed by atoms with Crippen LogP contribution in [0.2, 0.25) is 10.0 Å². The number of benzene rings is 4. The molecular weight excluding hydrogens is 563 g/mol. The van der Waals surface area contributed by atoms with Crippen LogP contribution in [0.3, 0.4) is 0 Å². The van der Waals surface area contributed by atoms with Crippen LogP contribution in [0.4, 0.5) is 0 Å². The zero-order chi connectivity index (χ0) is 27.9. The quantitative estimate of drug-likeness (QED) is 0.185. The molecule has 1 fully saturated rings.